The van der Waals surface area contributed by atoms with Gasteiger partial charge in [-0.05, 0) is 6.92 Å². The first-order valence-corrected chi connectivity index (χ1v) is 5.57. The smallest absolute Gasteiger partial charge is 0.328 e. The number of furan rings is 1. The van der Waals surface area contributed by atoms with Crippen LogP contribution in [0.1, 0.15) is 16.1 Å². The summed E-state index contributed by atoms with van der Waals surface area (Å²) in [5.74, 6) is -2.09. The quantitative estimate of drug-likeness (QED) is 0.562. The number of aromatic amines is 1. The Labute approximate surface area is 111 Å². The van der Waals surface area contributed by atoms with E-state index in [0.29, 0.717) is 0 Å². The van der Waals surface area contributed by atoms with E-state index >= 15 is 0 Å². The van der Waals surface area contributed by atoms with Crippen LogP contribution in [0.2, 0.25) is 0 Å². The zero-order valence-corrected chi connectivity index (χ0v) is 10.3. The lowest BCUT2D eigenvalue weighted by molar-refractivity contribution is -0.140. The Morgan fingerprint density at radius 3 is 2.85 bits per heavy atom. The van der Waals surface area contributed by atoms with E-state index in [2.05, 4.69) is 15.3 Å². The summed E-state index contributed by atoms with van der Waals surface area (Å²) in [4.78, 5) is 40.6. The number of aryl methyl sites for hydroxylation is 1. The normalized spacial score (nSPS) is 12.3. The summed E-state index contributed by atoms with van der Waals surface area (Å²) < 4.78 is 5.17. The van der Waals surface area contributed by atoms with E-state index in [9.17, 15) is 14.4 Å². The van der Waals surface area contributed by atoms with E-state index in [1.165, 1.54) is 6.92 Å². The van der Waals surface area contributed by atoms with E-state index in [4.69, 9.17) is 14.6 Å². The van der Waals surface area contributed by atoms with Crippen molar-refractivity contribution in [2.75, 3.05) is 6.61 Å². The highest BCUT2D eigenvalue weighted by Crippen LogP contribution is 2.20. The van der Waals surface area contributed by atoms with Crippen LogP contribution in [-0.2, 0) is 4.79 Å². The highest BCUT2D eigenvalue weighted by atomic mass is 16.4. The largest absolute Gasteiger partial charge is 0.480 e. The van der Waals surface area contributed by atoms with Gasteiger partial charge in [0.2, 0.25) is 5.71 Å². The third-order valence-electron chi connectivity index (χ3n) is 2.68. The minimum atomic E-state index is -1.47. The van der Waals surface area contributed by atoms with Gasteiger partial charge in [-0.1, -0.05) is 0 Å². The van der Waals surface area contributed by atoms with Crippen molar-refractivity contribution in [1.82, 2.24) is 15.3 Å². The van der Waals surface area contributed by atoms with E-state index in [1.54, 1.807) is 0 Å². The number of carboxylic acid groups (broad SMARTS) is 1. The molecule has 2 aromatic rings. The van der Waals surface area contributed by atoms with Gasteiger partial charge in [0, 0.05) is 0 Å². The summed E-state index contributed by atoms with van der Waals surface area (Å²) in [5.41, 5.74) is -0.700. The molecule has 0 saturated carbocycles. The lowest BCUT2D eigenvalue weighted by Crippen LogP contribution is -2.43. The molecular formula is C11H11N3O6. The van der Waals surface area contributed by atoms with Gasteiger partial charge in [0.1, 0.15) is 11.1 Å². The van der Waals surface area contributed by atoms with Crippen LogP contribution in [0.25, 0.3) is 11.1 Å². The molecule has 9 heteroatoms. The third kappa shape index (κ3) is 2.26. The fraction of sp³-hybridized carbons (Fsp3) is 0.273. The monoisotopic (exact) mass is 281 g/mol. The molecule has 0 aliphatic heterocycles. The van der Waals surface area contributed by atoms with Crippen molar-refractivity contribution in [3.63, 3.8) is 0 Å². The molecule has 106 valence electrons. The number of H-pyrrole nitrogens is 1. The number of aliphatic carboxylic acids is 1. The number of hydrogen-bond donors (Lipinski definition) is 4. The number of nitrogens with zero attached hydrogens (tertiary/aromatic N) is 1. The molecule has 4 N–H and O–H groups in total. The first kappa shape index (κ1) is 13.7. The van der Waals surface area contributed by atoms with Gasteiger partial charge in [0.25, 0.3) is 11.5 Å². The molecule has 0 aliphatic rings. The zero-order valence-electron chi connectivity index (χ0n) is 10.3. The van der Waals surface area contributed by atoms with Crippen molar-refractivity contribution in [3.05, 3.63) is 28.0 Å². The van der Waals surface area contributed by atoms with Crippen molar-refractivity contribution in [2.24, 2.45) is 0 Å². The lowest BCUT2D eigenvalue weighted by Gasteiger charge is -2.10. The fourth-order valence-electron chi connectivity index (χ4n) is 1.74. The van der Waals surface area contributed by atoms with Crippen LogP contribution >= 0.6 is 0 Å². The number of carboxylic acids is 1. The summed E-state index contributed by atoms with van der Waals surface area (Å²) in [5, 5.41) is 19.7. The predicted molar refractivity (Wildman–Crippen MR) is 65.3 cm³/mol. The van der Waals surface area contributed by atoms with Crippen LogP contribution < -0.4 is 10.9 Å². The fourth-order valence-corrected chi connectivity index (χ4v) is 1.74. The second-order valence-electron chi connectivity index (χ2n) is 3.99. The maximum atomic E-state index is 12.0. The standard InChI is InChI=1S/C11H11N3O6/c1-4-6(9(17)14-5(2-15)11(18)19)7-8(16)12-3-13-10(7)20-4/h3,5,15H,2H2,1H3,(H,14,17)(H,18,19)(H,12,13,16)/t5-/m1/s1. The topological polar surface area (TPSA) is 146 Å². The molecular weight excluding hydrogens is 270 g/mol. The van der Waals surface area contributed by atoms with E-state index in [-0.39, 0.29) is 22.4 Å². The van der Waals surface area contributed by atoms with Gasteiger partial charge in [-0.25, -0.2) is 9.78 Å². The first-order chi connectivity index (χ1) is 9.45. The molecule has 2 rings (SSSR count). The number of rotatable bonds is 4. The van der Waals surface area contributed by atoms with Crippen molar-refractivity contribution < 1.29 is 24.2 Å². The SMILES string of the molecule is Cc1oc2nc[nH]c(=O)c2c1C(=O)N[C@H](CO)C(=O)O. The van der Waals surface area contributed by atoms with Crippen LogP contribution in [0.4, 0.5) is 0 Å². The molecule has 0 saturated heterocycles. The molecule has 0 spiro atoms. The number of carbonyl (C=O) groups excluding carboxylic acids is 1. The maximum absolute atomic E-state index is 12.0. The molecule has 0 radical (unpaired) electrons. The molecule has 2 heterocycles. The number of fused-ring (bicyclic) bond motifs is 1. The number of nitrogens with one attached hydrogen (secondary N) is 2. The Balaban J connectivity index is 2.47. The van der Waals surface area contributed by atoms with Gasteiger partial charge in [0.05, 0.1) is 18.5 Å². The average molecular weight is 281 g/mol. The Hall–Kier alpha value is -2.68. The van der Waals surface area contributed by atoms with Gasteiger partial charge >= 0.3 is 5.97 Å². The highest BCUT2D eigenvalue weighted by molar-refractivity contribution is 6.07. The Morgan fingerprint density at radius 2 is 2.25 bits per heavy atom. The van der Waals surface area contributed by atoms with Crippen LogP contribution in [0, 0.1) is 6.92 Å². The van der Waals surface area contributed by atoms with E-state index < -0.39 is 30.1 Å². The third-order valence-corrected chi connectivity index (χ3v) is 2.68. The summed E-state index contributed by atoms with van der Waals surface area (Å²) in [6.45, 7) is 0.676. The number of carbonyl (C=O) groups is 2. The van der Waals surface area contributed by atoms with E-state index in [1.807, 2.05) is 0 Å². The second kappa shape index (κ2) is 5.13. The van der Waals surface area contributed by atoms with Crippen LogP contribution in [-0.4, -0.2) is 44.7 Å². The number of aliphatic hydroxyl groups excluding tert-OH is 1. The molecule has 1 amide bonds. The molecule has 9 nitrogen and oxygen atoms in total. The number of amides is 1. The number of aromatic nitrogens is 2. The molecule has 0 aromatic carbocycles. The van der Waals surface area contributed by atoms with Gasteiger partial charge < -0.3 is 24.9 Å². The zero-order chi connectivity index (χ0) is 14.9. The summed E-state index contributed by atoms with van der Waals surface area (Å²) >= 11 is 0. The Morgan fingerprint density at radius 1 is 1.55 bits per heavy atom. The molecule has 20 heavy (non-hydrogen) atoms. The molecule has 0 bridgehead atoms. The number of hydrogen-bond acceptors (Lipinski definition) is 6. The summed E-state index contributed by atoms with van der Waals surface area (Å²) in [7, 11) is 0. The van der Waals surface area contributed by atoms with Crippen LogP contribution in [0.15, 0.2) is 15.5 Å². The summed E-state index contributed by atoms with van der Waals surface area (Å²) in [6, 6.07) is -1.47. The predicted octanol–water partition coefficient (Wildman–Crippen LogP) is -1.00. The van der Waals surface area contributed by atoms with Gasteiger partial charge in [-0.15, -0.1) is 0 Å². The minimum Gasteiger partial charge on any atom is -0.480 e. The molecule has 0 aliphatic carbocycles. The van der Waals surface area contributed by atoms with Gasteiger partial charge in [-0.3, -0.25) is 9.59 Å². The Bertz CT molecular complexity index is 731. The maximum Gasteiger partial charge on any atom is 0.328 e. The molecule has 1 atom stereocenters. The molecule has 0 unspecified atom stereocenters. The van der Waals surface area contributed by atoms with E-state index in [0.717, 1.165) is 6.33 Å². The number of aliphatic hydroxyl groups is 1. The Kier molecular flexibility index (Phi) is 3.53. The highest BCUT2D eigenvalue weighted by Gasteiger charge is 2.25. The summed E-state index contributed by atoms with van der Waals surface area (Å²) in [6.07, 6.45) is 1.13. The first-order valence-electron chi connectivity index (χ1n) is 5.57. The van der Waals surface area contributed by atoms with Crippen molar-refractivity contribution in [1.29, 1.82) is 0 Å². The molecule has 0 fully saturated rings. The van der Waals surface area contributed by atoms with Crippen molar-refractivity contribution >= 4 is 23.0 Å². The van der Waals surface area contributed by atoms with Crippen molar-refractivity contribution in [2.45, 2.75) is 13.0 Å². The lowest BCUT2D eigenvalue weighted by atomic mass is 10.1. The van der Waals surface area contributed by atoms with Gasteiger partial charge in [0.15, 0.2) is 6.04 Å². The molecule has 2 aromatic heterocycles. The van der Waals surface area contributed by atoms with Crippen LogP contribution in [0.3, 0.4) is 0 Å². The van der Waals surface area contributed by atoms with Crippen LogP contribution in [0.5, 0.6) is 0 Å². The van der Waals surface area contributed by atoms with Crippen molar-refractivity contribution in [3.8, 4) is 0 Å². The second-order valence-corrected chi connectivity index (χ2v) is 3.99. The average Bonchev–Trinajstić information content (AvgIpc) is 2.73. The minimum absolute atomic E-state index is 0.0210. The van der Waals surface area contributed by atoms with Gasteiger partial charge in [-0.2, -0.15) is 0 Å².